The number of sulfonamides is 1. The molecule has 0 aliphatic rings. The molecule has 0 bridgehead atoms. The van der Waals surface area contributed by atoms with Crippen molar-refractivity contribution in [1.82, 2.24) is 4.31 Å². The lowest BCUT2D eigenvalue weighted by Crippen LogP contribution is -2.31. The summed E-state index contributed by atoms with van der Waals surface area (Å²) >= 11 is 2.92. The lowest BCUT2D eigenvalue weighted by atomic mass is 10.4. The van der Waals surface area contributed by atoms with E-state index in [0.717, 1.165) is 0 Å². The van der Waals surface area contributed by atoms with Crippen LogP contribution in [-0.2, 0) is 16.6 Å². The van der Waals surface area contributed by atoms with E-state index in [-0.39, 0.29) is 24.2 Å². The Bertz CT molecular complexity index is 450. The molecule has 16 heavy (non-hydrogen) atoms. The minimum Gasteiger partial charge on any atom is -0.468 e. The van der Waals surface area contributed by atoms with Crippen molar-refractivity contribution >= 4 is 26.0 Å². The second-order valence-electron chi connectivity index (χ2n) is 3.04. The first-order valence-corrected chi connectivity index (χ1v) is 7.26. The van der Waals surface area contributed by atoms with Crippen LogP contribution in [0.4, 0.5) is 0 Å². The first kappa shape index (κ1) is 13.2. The van der Waals surface area contributed by atoms with Gasteiger partial charge >= 0.3 is 0 Å². The number of nitriles is 1. The fourth-order valence-electron chi connectivity index (χ4n) is 1.14. The van der Waals surface area contributed by atoms with Gasteiger partial charge in [0.25, 0.3) is 0 Å². The Hall–Kier alpha value is -0.840. The van der Waals surface area contributed by atoms with Gasteiger partial charge < -0.3 is 4.42 Å². The summed E-state index contributed by atoms with van der Waals surface area (Å²) in [5.74, 6) is 0.558. The number of hydrogen-bond acceptors (Lipinski definition) is 4. The molecule has 0 saturated heterocycles. The average molecular weight is 307 g/mol. The smallest absolute Gasteiger partial charge is 0.224 e. The molecule has 1 aromatic rings. The summed E-state index contributed by atoms with van der Waals surface area (Å²) in [7, 11) is -3.37. The van der Waals surface area contributed by atoms with Gasteiger partial charge in [-0.05, 0) is 12.1 Å². The van der Waals surface area contributed by atoms with Gasteiger partial charge in [-0.15, -0.1) is 0 Å². The molecule has 1 rings (SSSR count). The highest BCUT2D eigenvalue weighted by Gasteiger charge is 2.21. The molecule has 0 unspecified atom stereocenters. The molecule has 0 aromatic carbocycles. The predicted molar refractivity (Wildman–Crippen MR) is 62.1 cm³/mol. The van der Waals surface area contributed by atoms with Crippen molar-refractivity contribution in [2.75, 3.05) is 11.2 Å². The van der Waals surface area contributed by atoms with Crippen LogP contribution in [0.15, 0.2) is 22.8 Å². The number of furan rings is 1. The van der Waals surface area contributed by atoms with Crippen LogP contribution >= 0.6 is 15.9 Å². The Morgan fingerprint density at radius 2 is 2.31 bits per heavy atom. The van der Waals surface area contributed by atoms with Crippen molar-refractivity contribution in [1.29, 1.82) is 5.26 Å². The molecule has 0 spiro atoms. The van der Waals surface area contributed by atoms with Crippen LogP contribution in [0.1, 0.15) is 12.2 Å². The molecule has 0 aliphatic carbocycles. The van der Waals surface area contributed by atoms with Gasteiger partial charge in [0.15, 0.2) is 0 Å². The molecule has 0 atom stereocenters. The summed E-state index contributed by atoms with van der Waals surface area (Å²) in [4.78, 5) is 0. The normalized spacial score (nSPS) is 11.6. The Morgan fingerprint density at radius 3 is 2.81 bits per heavy atom. The van der Waals surface area contributed by atoms with E-state index in [1.54, 1.807) is 12.1 Å². The molecule has 1 heterocycles. The molecule has 7 heteroatoms. The van der Waals surface area contributed by atoms with E-state index < -0.39 is 10.0 Å². The topological polar surface area (TPSA) is 74.3 Å². The maximum Gasteiger partial charge on any atom is 0.224 e. The fourth-order valence-corrected chi connectivity index (χ4v) is 2.84. The van der Waals surface area contributed by atoms with Crippen LogP contribution in [0.2, 0.25) is 0 Å². The molecular weight excluding hydrogens is 296 g/mol. The number of rotatable bonds is 6. The molecular formula is C9H11BrN2O3S. The highest BCUT2D eigenvalue weighted by atomic mass is 79.9. The zero-order chi connectivity index (χ0) is 12.0. The monoisotopic (exact) mass is 306 g/mol. The average Bonchev–Trinajstić information content (AvgIpc) is 2.76. The second kappa shape index (κ2) is 6.03. The summed E-state index contributed by atoms with van der Waals surface area (Å²) in [6, 6.07) is 5.31. The van der Waals surface area contributed by atoms with Crippen molar-refractivity contribution in [2.45, 2.75) is 13.0 Å². The Balaban J connectivity index is 2.76. The molecule has 0 radical (unpaired) electrons. The summed E-state index contributed by atoms with van der Waals surface area (Å²) in [5.41, 5.74) is 0. The van der Waals surface area contributed by atoms with Crippen molar-refractivity contribution in [3.63, 3.8) is 0 Å². The highest BCUT2D eigenvalue weighted by molar-refractivity contribution is 9.10. The van der Waals surface area contributed by atoms with Crippen molar-refractivity contribution in [2.24, 2.45) is 0 Å². The molecule has 0 amide bonds. The Morgan fingerprint density at radius 1 is 1.56 bits per heavy atom. The van der Waals surface area contributed by atoms with E-state index in [0.29, 0.717) is 5.76 Å². The first-order chi connectivity index (χ1) is 7.60. The molecule has 1 aromatic heterocycles. The second-order valence-corrected chi connectivity index (χ2v) is 6.31. The van der Waals surface area contributed by atoms with Crippen LogP contribution in [0.5, 0.6) is 0 Å². The Labute approximate surface area is 103 Å². The van der Waals surface area contributed by atoms with E-state index in [1.807, 2.05) is 6.07 Å². The minimum absolute atomic E-state index is 0.155. The predicted octanol–water partition coefficient (Wildman–Crippen LogP) is 1.68. The van der Waals surface area contributed by atoms with Gasteiger partial charge in [0.2, 0.25) is 10.0 Å². The summed E-state index contributed by atoms with van der Waals surface area (Å²) in [5, 5.41) is 8.47. The maximum absolute atomic E-state index is 11.7. The largest absolute Gasteiger partial charge is 0.468 e. The van der Waals surface area contributed by atoms with Crippen LogP contribution in [0.3, 0.4) is 0 Å². The molecule has 0 fully saturated rings. The summed E-state index contributed by atoms with van der Waals surface area (Å²) in [6.07, 6.45) is 1.64. The molecule has 5 nitrogen and oxygen atoms in total. The maximum atomic E-state index is 11.7. The van der Waals surface area contributed by atoms with Gasteiger partial charge in [-0.3, -0.25) is 0 Å². The quantitative estimate of drug-likeness (QED) is 0.749. The van der Waals surface area contributed by atoms with Crippen molar-refractivity contribution in [3.05, 3.63) is 24.2 Å². The van der Waals surface area contributed by atoms with Crippen LogP contribution in [0, 0.1) is 11.3 Å². The molecule has 0 aliphatic heterocycles. The molecule has 0 N–H and O–H groups in total. The van der Waals surface area contributed by atoms with Gasteiger partial charge in [0, 0.05) is 13.0 Å². The molecule has 88 valence electrons. The number of hydrogen-bond donors (Lipinski definition) is 0. The van der Waals surface area contributed by atoms with Crippen molar-refractivity contribution < 1.29 is 12.8 Å². The van der Waals surface area contributed by atoms with Gasteiger partial charge in [-0.2, -0.15) is 9.57 Å². The van der Waals surface area contributed by atoms with Crippen LogP contribution in [0.25, 0.3) is 0 Å². The van der Waals surface area contributed by atoms with Crippen LogP contribution < -0.4 is 0 Å². The Kier molecular flexibility index (Phi) is 4.99. The van der Waals surface area contributed by atoms with E-state index in [9.17, 15) is 8.42 Å². The third-order valence-electron chi connectivity index (χ3n) is 1.92. The van der Waals surface area contributed by atoms with Gasteiger partial charge in [-0.1, -0.05) is 15.9 Å². The zero-order valence-corrected chi connectivity index (χ0v) is 10.9. The third kappa shape index (κ3) is 3.63. The first-order valence-electron chi connectivity index (χ1n) is 4.53. The highest BCUT2D eigenvalue weighted by Crippen LogP contribution is 2.12. The van der Waals surface area contributed by atoms with E-state index >= 15 is 0 Å². The SMILES string of the molecule is N#CCCN(Cc1ccco1)S(=O)(=O)CBr. The van der Waals surface area contributed by atoms with Gasteiger partial charge in [0.05, 0.1) is 18.9 Å². The number of nitrogens with zero attached hydrogens (tertiary/aromatic N) is 2. The molecule has 0 saturated carbocycles. The lowest BCUT2D eigenvalue weighted by Gasteiger charge is -2.18. The van der Waals surface area contributed by atoms with E-state index in [2.05, 4.69) is 15.9 Å². The number of halogens is 1. The zero-order valence-electron chi connectivity index (χ0n) is 8.47. The van der Waals surface area contributed by atoms with Gasteiger partial charge in [0.1, 0.15) is 10.4 Å². The fraction of sp³-hybridized carbons (Fsp3) is 0.444. The van der Waals surface area contributed by atoms with Crippen LogP contribution in [-0.4, -0.2) is 23.9 Å². The van der Waals surface area contributed by atoms with E-state index in [1.165, 1.54) is 10.6 Å². The third-order valence-corrected chi connectivity index (χ3v) is 5.03. The lowest BCUT2D eigenvalue weighted by molar-refractivity contribution is 0.370. The standard InChI is InChI=1S/C9H11BrN2O3S/c10-8-16(13,14)12(5-2-4-11)7-9-3-1-6-15-9/h1,3,6H,2,5,7-8H2. The van der Waals surface area contributed by atoms with E-state index in [4.69, 9.17) is 9.68 Å². The summed E-state index contributed by atoms with van der Waals surface area (Å²) < 4.78 is 29.5. The minimum atomic E-state index is -3.37. The summed E-state index contributed by atoms with van der Waals surface area (Å²) in [6.45, 7) is 0.327. The number of alkyl halides is 1. The van der Waals surface area contributed by atoms with Gasteiger partial charge in [-0.25, -0.2) is 8.42 Å². The van der Waals surface area contributed by atoms with Crippen molar-refractivity contribution in [3.8, 4) is 6.07 Å².